The largest absolute Gasteiger partial charge is 0.396 e. The first-order valence-corrected chi connectivity index (χ1v) is 6.95. The van der Waals surface area contributed by atoms with Crippen LogP contribution >= 0.6 is 15.9 Å². The van der Waals surface area contributed by atoms with Crippen LogP contribution in [0.15, 0.2) is 28.7 Å². The molecule has 0 spiro atoms. The van der Waals surface area contributed by atoms with Crippen LogP contribution in [0.2, 0.25) is 0 Å². The summed E-state index contributed by atoms with van der Waals surface area (Å²) in [5, 5.41) is 11.7. The van der Waals surface area contributed by atoms with E-state index in [1.165, 1.54) is 0 Å². The van der Waals surface area contributed by atoms with Gasteiger partial charge >= 0.3 is 0 Å². The van der Waals surface area contributed by atoms with Crippen LogP contribution in [0.25, 0.3) is 0 Å². The Morgan fingerprint density at radius 1 is 1.33 bits per heavy atom. The zero-order valence-electron chi connectivity index (χ0n) is 10.8. The molecule has 0 aromatic heterocycles. The molecule has 0 aliphatic heterocycles. The van der Waals surface area contributed by atoms with E-state index in [0.717, 1.165) is 16.5 Å². The van der Waals surface area contributed by atoms with Crippen molar-refractivity contribution in [3.05, 3.63) is 34.3 Å². The first-order valence-electron chi connectivity index (χ1n) is 6.16. The van der Waals surface area contributed by atoms with Gasteiger partial charge in [0.1, 0.15) is 0 Å². The highest BCUT2D eigenvalue weighted by atomic mass is 79.9. The number of aliphatic hydroxyl groups is 1. The third-order valence-electron chi connectivity index (χ3n) is 2.84. The number of benzene rings is 1. The normalized spacial score (nSPS) is 14.0. The second-order valence-electron chi connectivity index (χ2n) is 4.76. The van der Waals surface area contributed by atoms with Gasteiger partial charge in [-0.25, -0.2) is 0 Å². The van der Waals surface area contributed by atoms with Crippen molar-refractivity contribution in [1.29, 1.82) is 0 Å². The molecule has 1 aromatic rings. The quantitative estimate of drug-likeness (QED) is 0.847. The minimum atomic E-state index is -0.0583. The standard InChI is InChI=1S/C14H20BrNO2/c1-10(9-17)8-16-14(18)11(2)7-12-3-5-13(15)6-4-12/h3-6,10-11,17H,7-9H2,1-2H3,(H,16,18)/t10-,11-/m1/s1. The SMILES string of the molecule is C[C@@H](CO)CNC(=O)[C@H](C)Cc1ccc(Br)cc1. The van der Waals surface area contributed by atoms with Crippen LogP contribution < -0.4 is 5.32 Å². The van der Waals surface area contributed by atoms with E-state index in [1.54, 1.807) is 0 Å². The maximum atomic E-state index is 11.8. The molecule has 18 heavy (non-hydrogen) atoms. The first-order chi connectivity index (χ1) is 8.52. The Labute approximate surface area is 117 Å². The van der Waals surface area contributed by atoms with E-state index in [0.29, 0.717) is 6.54 Å². The molecule has 2 atom stereocenters. The molecule has 0 bridgehead atoms. The monoisotopic (exact) mass is 313 g/mol. The van der Waals surface area contributed by atoms with Crippen LogP contribution in [-0.4, -0.2) is 24.2 Å². The molecule has 4 heteroatoms. The fourth-order valence-corrected chi connectivity index (χ4v) is 1.84. The molecule has 0 saturated heterocycles. The Balaban J connectivity index is 2.42. The Hall–Kier alpha value is -0.870. The van der Waals surface area contributed by atoms with E-state index < -0.39 is 0 Å². The van der Waals surface area contributed by atoms with Gasteiger partial charge in [-0.15, -0.1) is 0 Å². The minimum Gasteiger partial charge on any atom is -0.396 e. The topological polar surface area (TPSA) is 49.3 Å². The number of hydrogen-bond acceptors (Lipinski definition) is 2. The van der Waals surface area contributed by atoms with Gasteiger partial charge in [-0.3, -0.25) is 4.79 Å². The van der Waals surface area contributed by atoms with E-state index >= 15 is 0 Å². The van der Waals surface area contributed by atoms with Crippen molar-refractivity contribution in [3.63, 3.8) is 0 Å². The maximum Gasteiger partial charge on any atom is 0.223 e. The lowest BCUT2D eigenvalue weighted by molar-refractivity contribution is -0.124. The maximum absolute atomic E-state index is 11.8. The second kappa shape index (κ2) is 7.54. The molecule has 0 heterocycles. The third kappa shape index (κ3) is 5.19. The van der Waals surface area contributed by atoms with Gasteiger partial charge < -0.3 is 10.4 Å². The Bertz CT molecular complexity index is 378. The van der Waals surface area contributed by atoms with Crippen LogP contribution in [0.3, 0.4) is 0 Å². The summed E-state index contributed by atoms with van der Waals surface area (Å²) in [6.07, 6.45) is 0.729. The predicted octanol–water partition coefficient (Wildman–Crippen LogP) is 2.37. The van der Waals surface area contributed by atoms with E-state index in [9.17, 15) is 4.79 Å². The first kappa shape index (κ1) is 15.2. The molecule has 0 saturated carbocycles. The molecular formula is C14H20BrNO2. The zero-order chi connectivity index (χ0) is 13.5. The van der Waals surface area contributed by atoms with E-state index in [-0.39, 0.29) is 24.3 Å². The summed E-state index contributed by atoms with van der Waals surface area (Å²) in [5.41, 5.74) is 1.15. The number of hydrogen-bond donors (Lipinski definition) is 2. The smallest absolute Gasteiger partial charge is 0.223 e. The van der Waals surface area contributed by atoms with E-state index in [2.05, 4.69) is 21.2 Å². The molecule has 0 aliphatic carbocycles. The van der Waals surface area contributed by atoms with E-state index in [4.69, 9.17) is 5.11 Å². The van der Waals surface area contributed by atoms with Gasteiger partial charge in [0, 0.05) is 23.5 Å². The van der Waals surface area contributed by atoms with Crippen molar-refractivity contribution in [1.82, 2.24) is 5.32 Å². The van der Waals surface area contributed by atoms with Gasteiger partial charge in [0.15, 0.2) is 0 Å². The predicted molar refractivity (Wildman–Crippen MR) is 76.3 cm³/mol. The lowest BCUT2D eigenvalue weighted by Crippen LogP contribution is -2.34. The van der Waals surface area contributed by atoms with Crippen molar-refractivity contribution >= 4 is 21.8 Å². The van der Waals surface area contributed by atoms with Crippen LogP contribution in [0.4, 0.5) is 0 Å². The summed E-state index contributed by atoms with van der Waals surface area (Å²) in [6.45, 7) is 4.45. The Kier molecular flexibility index (Phi) is 6.36. The number of halogens is 1. The molecule has 0 fully saturated rings. The molecule has 1 amide bonds. The molecule has 2 N–H and O–H groups in total. The molecular weight excluding hydrogens is 294 g/mol. The molecule has 1 aromatic carbocycles. The number of aliphatic hydroxyl groups excluding tert-OH is 1. The van der Waals surface area contributed by atoms with Crippen LogP contribution in [-0.2, 0) is 11.2 Å². The Morgan fingerprint density at radius 2 is 1.94 bits per heavy atom. The summed E-state index contributed by atoms with van der Waals surface area (Å²) in [4.78, 5) is 11.8. The van der Waals surface area contributed by atoms with Gasteiger partial charge in [0.05, 0.1) is 0 Å². The lowest BCUT2D eigenvalue weighted by Gasteiger charge is -2.14. The Morgan fingerprint density at radius 3 is 2.50 bits per heavy atom. The molecule has 3 nitrogen and oxygen atoms in total. The highest BCUT2D eigenvalue weighted by molar-refractivity contribution is 9.10. The summed E-state index contributed by atoms with van der Waals surface area (Å²) in [7, 11) is 0. The van der Waals surface area contributed by atoms with Crippen molar-refractivity contribution in [2.75, 3.05) is 13.2 Å². The summed E-state index contributed by atoms with van der Waals surface area (Å²) in [6, 6.07) is 8.00. The molecule has 0 radical (unpaired) electrons. The number of carbonyl (C=O) groups excluding carboxylic acids is 1. The molecule has 1 rings (SSSR count). The van der Waals surface area contributed by atoms with Crippen molar-refractivity contribution in [2.24, 2.45) is 11.8 Å². The van der Waals surface area contributed by atoms with Crippen molar-refractivity contribution in [2.45, 2.75) is 20.3 Å². The van der Waals surface area contributed by atoms with Crippen LogP contribution in [0, 0.1) is 11.8 Å². The fourth-order valence-electron chi connectivity index (χ4n) is 1.58. The minimum absolute atomic E-state index is 0.0400. The third-order valence-corrected chi connectivity index (χ3v) is 3.37. The summed E-state index contributed by atoms with van der Waals surface area (Å²) >= 11 is 3.39. The summed E-state index contributed by atoms with van der Waals surface area (Å²) in [5.74, 6) is 0.0871. The van der Waals surface area contributed by atoms with Gasteiger partial charge in [-0.2, -0.15) is 0 Å². The van der Waals surface area contributed by atoms with Crippen molar-refractivity contribution in [3.8, 4) is 0 Å². The van der Waals surface area contributed by atoms with Gasteiger partial charge in [0.25, 0.3) is 0 Å². The lowest BCUT2D eigenvalue weighted by atomic mass is 10.0. The summed E-state index contributed by atoms with van der Waals surface area (Å²) < 4.78 is 1.04. The average Bonchev–Trinajstić information content (AvgIpc) is 2.38. The van der Waals surface area contributed by atoms with Crippen molar-refractivity contribution < 1.29 is 9.90 Å². The average molecular weight is 314 g/mol. The van der Waals surface area contributed by atoms with E-state index in [1.807, 2.05) is 38.1 Å². The molecule has 0 unspecified atom stereocenters. The highest BCUT2D eigenvalue weighted by Crippen LogP contribution is 2.14. The number of carbonyl (C=O) groups is 1. The zero-order valence-corrected chi connectivity index (χ0v) is 12.4. The number of amides is 1. The number of rotatable bonds is 6. The number of nitrogens with one attached hydrogen (secondary N) is 1. The van der Waals surface area contributed by atoms with Gasteiger partial charge in [-0.05, 0) is 30.0 Å². The molecule has 100 valence electrons. The van der Waals surface area contributed by atoms with Gasteiger partial charge in [0.2, 0.25) is 5.91 Å². The van der Waals surface area contributed by atoms with Crippen LogP contribution in [0.1, 0.15) is 19.4 Å². The highest BCUT2D eigenvalue weighted by Gasteiger charge is 2.14. The fraction of sp³-hybridized carbons (Fsp3) is 0.500. The van der Waals surface area contributed by atoms with Crippen LogP contribution in [0.5, 0.6) is 0 Å². The molecule has 0 aliphatic rings. The van der Waals surface area contributed by atoms with Gasteiger partial charge in [-0.1, -0.05) is 41.9 Å². The second-order valence-corrected chi connectivity index (χ2v) is 5.68.